The number of ether oxygens (including phenoxy) is 1. The minimum atomic E-state index is 0. The lowest BCUT2D eigenvalue weighted by atomic mass is 10.0. The molecule has 2 aromatic rings. The zero-order valence-corrected chi connectivity index (χ0v) is 30.3. The van der Waals surface area contributed by atoms with Gasteiger partial charge in [-0.15, -0.1) is 0 Å². The van der Waals surface area contributed by atoms with Crippen molar-refractivity contribution in [2.24, 2.45) is 0 Å². The van der Waals surface area contributed by atoms with Crippen LogP contribution >= 0.6 is 0 Å². The molecule has 3 nitrogen and oxygen atoms in total. The predicted octanol–water partition coefficient (Wildman–Crippen LogP) is 8.20. The maximum atomic E-state index is 12.8. The number of nitrogens with zero attached hydrogens (tertiary/aromatic N) is 1. The van der Waals surface area contributed by atoms with Crippen LogP contribution in [0.15, 0.2) is 54.6 Å². The van der Waals surface area contributed by atoms with Gasteiger partial charge in [0.15, 0.2) is 5.78 Å². The number of carbonyl (C=O) groups is 1. The Labute approximate surface area is 283 Å². The fourth-order valence-electron chi connectivity index (χ4n) is 5.90. The number of halogens is 1. The molecule has 0 amide bonds. The molecule has 0 aliphatic rings. The molecule has 0 aromatic heterocycles. The molecule has 43 heavy (non-hydrogen) atoms. The molecule has 2 aromatic carbocycles. The molecule has 0 bridgehead atoms. The number of rotatable bonds is 27. The summed E-state index contributed by atoms with van der Waals surface area (Å²) in [6, 6.07) is 17.1. The molecule has 0 saturated heterocycles. The molecule has 0 N–H and O–H groups in total. The average molecular weight is 706 g/mol. The maximum absolute atomic E-state index is 12.8. The van der Waals surface area contributed by atoms with Crippen molar-refractivity contribution in [2.75, 3.05) is 33.8 Å². The molecule has 0 atom stereocenters. The largest absolute Gasteiger partial charge is 1.00 e. The van der Waals surface area contributed by atoms with Crippen LogP contribution in [0.5, 0.6) is 5.75 Å². The second-order valence-corrected chi connectivity index (χ2v) is 13.1. The van der Waals surface area contributed by atoms with Crippen molar-refractivity contribution in [3.05, 3.63) is 65.7 Å². The number of benzene rings is 2. The predicted molar refractivity (Wildman–Crippen MR) is 182 cm³/mol. The van der Waals surface area contributed by atoms with Gasteiger partial charge in [0.1, 0.15) is 5.75 Å². The zero-order valence-electron chi connectivity index (χ0n) is 28.1. The Bertz CT molecular complexity index is 930. The van der Waals surface area contributed by atoms with Crippen molar-refractivity contribution < 1.29 is 38.0 Å². The Hall–Kier alpha value is -1.40. The highest BCUT2D eigenvalue weighted by Crippen LogP contribution is 2.22. The van der Waals surface area contributed by atoms with Crippen molar-refractivity contribution >= 4 is 5.78 Å². The van der Waals surface area contributed by atoms with Crippen molar-refractivity contribution in [1.29, 1.82) is 0 Å². The van der Waals surface area contributed by atoms with Crippen molar-refractivity contribution in [1.82, 2.24) is 0 Å². The van der Waals surface area contributed by atoms with E-state index >= 15 is 0 Å². The molecule has 0 aliphatic carbocycles. The van der Waals surface area contributed by atoms with Gasteiger partial charge < -0.3 is 33.2 Å². The summed E-state index contributed by atoms with van der Waals surface area (Å²) in [4.78, 5) is 12.8. The minimum absolute atomic E-state index is 0. The quantitative estimate of drug-likeness (QED) is 0.0406. The van der Waals surface area contributed by atoms with Crippen LogP contribution < -0.4 is 28.7 Å². The number of unbranched alkanes of at least 4 members (excludes halogenated alkanes) is 18. The van der Waals surface area contributed by atoms with E-state index in [1.807, 2.05) is 54.6 Å². The van der Waals surface area contributed by atoms with Crippen LogP contribution in [0.1, 0.15) is 151 Å². The van der Waals surface area contributed by atoms with Gasteiger partial charge in [0.2, 0.25) is 0 Å². The molecule has 0 fully saturated rings. The smallest absolute Gasteiger partial charge is 0.196 e. The standard InChI is InChI=1S/C39H64NO2.HI/c1-4-5-6-26-33-40(2,3)34-27-19-17-15-13-11-9-7-8-10-12-14-16-18-20-28-35-42-38-32-25-24-31-37(38)39(41)36-29-22-21-23-30-36;/h21-25,29-32H,4-20,26-28,33-35H2,1-3H3;1H/q+1;/p-1. The lowest BCUT2D eigenvalue weighted by Crippen LogP contribution is -3.00. The molecule has 0 spiro atoms. The van der Waals surface area contributed by atoms with Crippen LogP contribution in [0, 0.1) is 0 Å². The van der Waals surface area contributed by atoms with Crippen LogP contribution in [-0.4, -0.2) is 44.1 Å². The number of carbonyl (C=O) groups excluding carboxylic acids is 1. The van der Waals surface area contributed by atoms with Gasteiger partial charge in [-0.1, -0.05) is 146 Å². The molecule has 2 rings (SSSR count). The lowest BCUT2D eigenvalue weighted by Gasteiger charge is -2.30. The molecule has 0 radical (unpaired) electrons. The first-order valence-corrected chi connectivity index (χ1v) is 17.7. The molecular formula is C39H64INO2. The van der Waals surface area contributed by atoms with Crippen molar-refractivity contribution in [2.45, 2.75) is 135 Å². The number of quaternary nitrogens is 1. The Morgan fingerprint density at radius 2 is 0.977 bits per heavy atom. The summed E-state index contributed by atoms with van der Waals surface area (Å²) in [5.41, 5.74) is 1.36. The zero-order chi connectivity index (χ0) is 30.1. The van der Waals surface area contributed by atoms with E-state index in [1.54, 1.807) is 0 Å². The molecular weight excluding hydrogens is 641 g/mol. The Morgan fingerprint density at radius 1 is 0.558 bits per heavy atom. The molecule has 0 saturated carbocycles. The summed E-state index contributed by atoms with van der Waals surface area (Å²) in [7, 11) is 4.84. The van der Waals surface area contributed by atoms with E-state index < -0.39 is 0 Å². The van der Waals surface area contributed by atoms with Crippen LogP contribution in [0.3, 0.4) is 0 Å². The average Bonchev–Trinajstić information content (AvgIpc) is 3.00. The minimum Gasteiger partial charge on any atom is -1.00 e. The summed E-state index contributed by atoms with van der Waals surface area (Å²) < 4.78 is 7.23. The Morgan fingerprint density at radius 3 is 1.49 bits per heavy atom. The summed E-state index contributed by atoms with van der Waals surface area (Å²) >= 11 is 0. The van der Waals surface area contributed by atoms with Gasteiger partial charge in [-0.2, -0.15) is 0 Å². The van der Waals surface area contributed by atoms with Gasteiger partial charge in [0.25, 0.3) is 0 Å². The second-order valence-electron chi connectivity index (χ2n) is 13.1. The highest BCUT2D eigenvalue weighted by Gasteiger charge is 2.14. The molecule has 0 heterocycles. The van der Waals surface area contributed by atoms with Gasteiger partial charge in [-0.25, -0.2) is 0 Å². The second kappa shape index (κ2) is 25.9. The first-order chi connectivity index (χ1) is 20.5. The maximum Gasteiger partial charge on any atom is 0.196 e. The Balaban J connectivity index is 0.00000924. The van der Waals surface area contributed by atoms with E-state index in [2.05, 4.69) is 21.0 Å². The highest BCUT2D eigenvalue weighted by atomic mass is 127. The van der Waals surface area contributed by atoms with Crippen LogP contribution in [0.2, 0.25) is 0 Å². The third-order valence-corrected chi connectivity index (χ3v) is 8.70. The van der Waals surface area contributed by atoms with Gasteiger partial charge >= 0.3 is 0 Å². The van der Waals surface area contributed by atoms with E-state index in [-0.39, 0.29) is 29.8 Å². The SMILES string of the molecule is CCCCCC[N+](C)(C)CCCCCCCCCCCCCCCCCCOc1ccccc1C(=O)c1ccccc1.[I-]. The Kier molecular flexibility index (Phi) is 23.8. The first-order valence-electron chi connectivity index (χ1n) is 17.7. The summed E-state index contributed by atoms with van der Waals surface area (Å²) in [5, 5.41) is 0. The molecule has 0 unspecified atom stereocenters. The summed E-state index contributed by atoms with van der Waals surface area (Å²) in [5.74, 6) is 0.730. The highest BCUT2D eigenvalue weighted by molar-refractivity contribution is 6.10. The van der Waals surface area contributed by atoms with Crippen molar-refractivity contribution in [3.8, 4) is 5.75 Å². The normalized spacial score (nSPS) is 11.3. The molecule has 0 aliphatic heterocycles. The van der Waals surface area contributed by atoms with E-state index in [0.717, 1.165) is 6.42 Å². The monoisotopic (exact) mass is 705 g/mol. The number of hydrogen-bond acceptors (Lipinski definition) is 2. The van der Waals surface area contributed by atoms with E-state index in [4.69, 9.17) is 4.74 Å². The van der Waals surface area contributed by atoms with E-state index in [9.17, 15) is 4.79 Å². The summed E-state index contributed by atoms with van der Waals surface area (Å²) in [6.07, 6.45) is 27.4. The van der Waals surface area contributed by atoms with Gasteiger partial charge in [0, 0.05) is 5.56 Å². The van der Waals surface area contributed by atoms with Gasteiger partial charge in [-0.3, -0.25) is 4.79 Å². The number of ketones is 1. The topological polar surface area (TPSA) is 26.3 Å². The van der Waals surface area contributed by atoms with Crippen LogP contribution in [0.25, 0.3) is 0 Å². The fourth-order valence-corrected chi connectivity index (χ4v) is 5.90. The molecule has 4 heteroatoms. The lowest BCUT2D eigenvalue weighted by molar-refractivity contribution is -0.890. The van der Waals surface area contributed by atoms with E-state index in [1.165, 1.54) is 140 Å². The third kappa shape index (κ3) is 19.6. The van der Waals surface area contributed by atoms with Crippen LogP contribution in [0.4, 0.5) is 0 Å². The van der Waals surface area contributed by atoms with Crippen LogP contribution in [-0.2, 0) is 0 Å². The van der Waals surface area contributed by atoms with Gasteiger partial charge in [-0.05, 0) is 44.2 Å². The summed E-state index contributed by atoms with van der Waals surface area (Å²) in [6.45, 7) is 5.68. The molecule has 244 valence electrons. The third-order valence-electron chi connectivity index (χ3n) is 8.70. The number of para-hydroxylation sites is 1. The fraction of sp³-hybridized carbons (Fsp3) is 0.667. The van der Waals surface area contributed by atoms with Gasteiger partial charge in [0.05, 0.1) is 39.4 Å². The first kappa shape index (κ1) is 39.6. The number of hydrogen-bond donors (Lipinski definition) is 0. The van der Waals surface area contributed by atoms with Crippen molar-refractivity contribution in [3.63, 3.8) is 0 Å². The van der Waals surface area contributed by atoms with E-state index in [0.29, 0.717) is 23.5 Å².